The van der Waals surface area contributed by atoms with Gasteiger partial charge in [0.2, 0.25) is 5.91 Å². The minimum Gasteiger partial charge on any atom is -0.480 e. The van der Waals surface area contributed by atoms with Gasteiger partial charge in [-0.05, 0) is 50.3 Å². The van der Waals surface area contributed by atoms with Crippen molar-refractivity contribution in [1.29, 1.82) is 0 Å². The summed E-state index contributed by atoms with van der Waals surface area (Å²) in [5.41, 5.74) is 1.32. The fourth-order valence-electron chi connectivity index (χ4n) is 4.20. The lowest BCUT2D eigenvalue weighted by Crippen LogP contribution is -2.39. The average Bonchev–Trinajstić information content (AvgIpc) is 3.08. The van der Waals surface area contributed by atoms with Crippen molar-refractivity contribution in [1.82, 2.24) is 15.1 Å². The van der Waals surface area contributed by atoms with Gasteiger partial charge in [-0.1, -0.05) is 30.3 Å². The largest absolute Gasteiger partial charge is 0.480 e. The number of nitrogens with zero attached hydrogens (tertiary/aromatic N) is 2. The summed E-state index contributed by atoms with van der Waals surface area (Å²) in [7, 11) is 0. The third kappa shape index (κ3) is 6.63. The highest BCUT2D eigenvalue weighted by molar-refractivity contribution is 5.76. The van der Waals surface area contributed by atoms with E-state index in [-0.39, 0.29) is 18.5 Å². The molecular formula is C21H31N3O3. The molecule has 0 aliphatic carbocycles. The predicted molar refractivity (Wildman–Crippen MR) is 104 cm³/mol. The lowest BCUT2D eigenvalue weighted by Gasteiger charge is -2.30. The molecule has 2 aliphatic heterocycles. The summed E-state index contributed by atoms with van der Waals surface area (Å²) in [6.45, 7) is 4.69. The van der Waals surface area contributed by atoms with E-state index < -0.39 is 5.97 Å². The van der Waals surface area contributed by atoms with Gasteiger partial charge >= 0.3 is 5.97 Å². The zero-order chi connectivity index (χ0) is 19.1. The lowest BCUT2D eigenvalue weighted by atomic mass is 9.92. The number of carbonyl (C=O) groups excluding carboxylic acids is 1. The number of piperidine rings is 1. The Hall–Kier alpha value is -1.92. The molecule has 148 valence electrons. The van der Waals surface area contributed by atoms with Crippen molar-refractivity contribution < 1.29 is 14.7 Å². The van der Waals surface area contributed by atoms with Crippen LogP contribution in [0.3, 0.4) is 0 Å². The fourth-order valence-corrected chi connectivity index (χ4v) is 4.20. The first-order valence-electron chi connectivity index (χ1n) is 10.1. The molecule has 6 heteroatoms. The molecule has 2 fully saturated rings. The van der Waals surface area contributed by atoms with Crippen LogP contribution in [0.1, 0.15) is 37.7 Å². The monoisotopic (exact) mass is 373 g/mol. The summed E-state index contributed by atoms with van der Waals surface area (Å²) < 4.78 is 0. The van der Waals surface area contributed by atoms with Crippen LogP contribution in [0.2, 0.25) is 0 Å². The van der Waals surface area contributed by atoms with Gasteiger partial charge in [-0.15, -0.1) is 0 Å². The van der Waals surface area contributed by atoms with Crippen LogP contribution in [0.4, 0.5) is 0 Å². The summed E-state index contributed by atoms with van der Waals surface area (Å²) in [6.07, 6.45) is 4.50. The maximum absolute atomic E-state index is 12.3. The first kappa shape index (κ1) is 19.8. The fraction of sp³-hybridized carbons (Fsp3) is 0.619. The highest BCUT2D eigenvalue weighted by Gasteiger charge is 2.25. The normalized spacial score (nSPS) is 22.0. The SMILES string of the molecule is O=C(O)CN1CCC(CCC(=O)NC2CCN(Cc3ccccc3)C2)CC1. The second-order valence-corrected chi connectivity index (χ2v) is 7.93. The van der Waals surface area contributed by atoms with Gasteiger partial charge in [0.25, 0.3) is 0 Å². The molecule has 2 saturated heterocycles. The maximum Gasteiger partial charge on any atom is 0.317 e. The number of rotatable bonds is 8. The Morgan fingerprint density at radius 1 is 1.04 bits per heavy atom. The van der Waals surface area contributed by atoms with Crippen molar-refractivity contribution in [3.63, 3.8) is 0 Å². The van der Waals surface area contributed by atoms with Crippen LogP contribution >= 0.6 is 0 Å². The number of likely N-dealkylation sites (tertiary alicyclic amines) is 2. The second-order valence-electron chi connectivity index (χ2n) is 7.93. The number of carboxylic acid groups (broad SMARTS) is 1. The Morgan fingerprint density at radius 3 is 2.44 bits per heavy atom. The van der Waals surface area contributed by atoms with Crippen molar-refractivity contribution in [2.75, 3.05) is 32.7 Å². The van der Waals surface area contributed by atoms with Gasteiger partial charge in [0.15, 0.2) is 0 Å². The van der Waals surface area contributed by atoms with E-state index in [4.69, 9.17) is 5.11 Å². The Labute approximate surface area is 161 Å². The molecule has 0 bridgehead atoms. The molecule has 3 rings (SSSR count). The van der Waals surface area contributed by atoms with E-state index in [9.17, 15) is 9.59 Å². The molecule has 6 nitrogen and oxygen atoms in total. The molecule has 1 aromatic carbocycles. The van der Waals surface area contributed by atoms with Crippen molar-refractivity contribution in [3.05, 3.63) is 35.9 Å². The second kappa shape index (κ2) is 9.85. The molecule has 1 aromatic rings. The van der Waals surface area contributed by atoms with E-state index >= 15 is 0 Å². The van der Waals surface area contributed by atoms with Crippen LogP contribution in [-0.2, 0) is 16.1 Å². The Balaban J connectivity index is 1.30. The molecule has 2 heterocycles. The summed E-state index contributed by atoms with van der Waals surface area (Å²) >= 11 is 0. The highest BCUT2D eigenvalue weighted by Crippen LogP contribution is 2.22. The van der Waals surface area contributed by atoms with E-state index in [0.29, 0.717) is 12.3 Å². The maximum atomic E-state index is 12.3. The van der Waals surface area contributed by atoms with E-state index in [2.05, 4.69) is 34.5 Å². The van der Waals surface area contributed by atoms with Crippen molar-refractivity contribution in [3.8, 4) is 0 Å². The van der Waals surface area contributed by atoms with Gasteiger partial charge in [0.1, 0.15) is 0 Å². The molecule has 0 radical (unpaired) electrons. The molecule has 1 unspecified atom stereocenters. The first-order chi connectivity index (χ1) is 13.1. The summed E-state index contributed by atoms with van der Waals surface area (Å²) in [5.74, 6) is -0.0563. The minimum atomic E-state index is -0.759. The first-order valence-corrected chi connectivity index (χ1v) is 10.1. The van der Waals surface area contributed by atoms with Crippen LogP contribution in [0.25, 0.3) is 0 Å². The van der Waals surface area contributed by atoms with Crippen molar-refractivity contribution in [2.45, 2.75) is 44.7 Å². The topological polar surface area (TPSA) is 72.9 Å². The number of hydrogen-bond donors (Lipinski definition) is 2. The van der Waals surface area contributed by atoms with Gasteiger partial charge in [-0.25, -0.2) is 0 Å². The summed E-state index contributed by atoms with van der Waals surface area (Å²) in [4.78, 5) is 27.4. The zero-order valence-electron chi connectivity index (χ0n) is 16.0. The molecule has 27 heavy (non-hydrogen) atoms. The number of hydrogen-bond acceptors (Lipinski definition) is 4. The number of carboxylic acids is 1. The van der Waals surface area contributed by atoms with E-state index in [1.54, 1.807) is 0 Å². The summed E-state index contributed by atoms with van der Waals surface area (Å²) in [5, 5.41) is 12.0. The number of amides is 1. The van der Waals surface area contributed by atoms with Crippen LogP contribution in [0.5, 0.6) is 0 Å². The molecule has 0 spiro atoms. The number of carbonyl (C=O) groups is 2. The van der Waals surface area contributed by atoms with Gasteiger partial charge in [-0.2, -0.15) is 0 Å². The van der Waals surface area contributed by atoms with Crippen molar-refractivity contribution in [2.24, 2.45) is 5.92 Å². The molecular weight excluding hydrogens is 342 g/mol. The standard InChI is InChI=1S/C21H31N3O3/c25-20(7-6-17-8-11-23(12-9-17)16-21(26)27)22-19-10-13-24(15-19)14-18-4-2-1-3-5-18/h1-5,17,19H,6-16H2,(H,22,25)(H,26,27). The van der Waals surface area contributed by atoms with Crippen LogP contribution in [0.15, 0.2) is 30.3 Å². The van der Waals surface area contributed by atoms with E-state index in [1.165, 1.54) is 5.56 Å². The number of aliphatic carboxylic acids is 1. The molecule has 2 aliphatic rings. The molecule has 2 N–H and O–H groups in total. The third-order valence-corrected chi connectivity index (χ3v) is 5.73. The zero-order valence-corrected chi connectivity index (χ0v) is 16.0. The smallest absolute Gasteiger partial charge is 0.317 e. The predicted octanol–water partition coefficient (Wildman–Crippen LogP) is 1.95. The van der Waals surface area contributed by atoms with Gasteiger partial charge < -0.3 is 10.4 Å². The van der Waals surface area contributed by atoms with E-state index in [0.717, 1.165) is 58.4 Å². The third-order valence-electron chi connectivity index (χ3n) is 5.73. The Kier molecular flexibility index (Phi) is 7.24. The lowest BCUT2D eigenvalue weighted by molar-refractivity contribution is -0.138. The van der Waals surface area contributed by atoms with Gasteiger partial charge in [0.05, 0.1) is 6.54 Å². The number of benzene rings is 1. The molecule has 1 amide bonds. The molecule has 0 aromatic heterocycles. The quantitative estimate of drug-likeness (QED) is 0.729. The van der Waals surface area contributed by atoms with Crippen LogP contribution in [-0.4, -0.2) is 65.5 Å². The summed E-state index contributed by atoms with van der Waals surface area (Å²) in [6, 6.07) is 10.7. The molecule has 1 atom stereocenters. The van der Waals surface area contributed by atoms with Gasteiger partial charge in [-0.3, -0.25) is 19.4 Å². The highest BCUT2D eigenvalue weighted by atomic mass is 16.4. The van der Waals surface area contributed by atoms with E-state index in [1.807, 2.05) is 11.0 Å². The minimum absolute atomic E-state index is 0.133. The Bertz CT molecular complexity index is 614. The average molecular weight is 373 g/mol. The molecule has 0 saturated carbocycles. The van der Waals surface area contributed by atoms with Gasteiger partial charge in [0, 0.05) is 32.1 Å². The van der Waals surface area contributed by atoms with Crippen molar-refractivity contribution >= 4 is 11.9 Å². The van der Waals surface area contributed by atoms with Crippen LogP contribution in [0, 0.1) is 5.92 Å². The number of nitrogens with one attached hydrogen (secondary N) is 1. The van der Waals surface area contributed by atoms with Crippen LogP contribution < -0.4 is 5.32 Å². The Morgan fingerprint density at radius 2 is 1.74 bits per heavy atom.